The smallest absolute Gasteiger partial charge is 0.0409 e. The lowest BCUT2D eigenvalue weighted by atomic mass is 10.1. The number of anilines is 1. The molecule has 0 aliphatic heterocycles. The molecule has 2 heteroatoms. The Bertz CT molecular complexity index is 347. The molecule has 0 saturated carbocycles. The Morgan fingerprint density at radius 3 is 2.65 bits per heavy atom. The summed E-state index contributed by atoms with van der Waals surface area (Å²) in [6, 6.07) is 6.71. The number of aryl methyl sites for hydroxylation is 1. The van der Waals surface area contributed by atoms with Crippen LogP contribution in [0.4, 0.5) is 5.69 Å². The zero-order valence-electron chi connectivity index (χ0n) is 11.9. The third-order valence-corrected chi connectivity index (χ3v) is 3.30. The second kappa shape index (κ2) is 6.65. The van der Waals surface area contributed by atoms with Crippen LogP contribution in [0.3, 0.4) is 0 Å². The Morgan fingerprint density at radius 2 is 2.06 bits per heavy atom. The molecule has 1 atom stereocenters. The van der Waals surface area contributed by atoms with Crippen molar-refractivity contribution >= 4 is 5.69 Å². The first-order valence-electron chi connectivity index (χ1n) is 6.53. The second-order valence-electron chi connectivity index (χ2n) is 5.06. The van der Waals surface area contributed by atoms with Gasteiger partial charge in [-0.05, 0) is 31.5 Å². The van der Waals surface area contributed by atoms with Gasteiger partial charge in [0.2, 0.25) is 0 Å². The summed E-state index contributed by atoms with van der Waals surface area (Å²) in [5.74, 6) is 0.740. The van der Waals surface area contributed by atoms with Crippen molar-refractivity contribution in [3.8, 4) is 0 Å². The lowest BCUT2D eigenvalue weighted by Crippen LogP contribution is -2.25. The molecule has 0 aliphatic carbocycles. The second-order valence-corrected chi connectivity index (χ2v) is 5.06. The fourth-order valence-electron chi connectivity index (χ4n) is 2.11. The average molecular weight is 234 g/mol. The molecule has 1 unspecified atom stereocenters. The van der Waals surface area contributed by atoms with Crippen LogP contribution in [0.25, 0.3) is 0 Å². The highest BCUT2D eigenvalue weighted by Gasteiger charge is 2.09. The molecule has 0 heterocycles. The molecule has 1 aromatic rings. The van der Waals surface area contributed by atoms with Gasteiger partial charge in [0.15, 0.2) is 0 Å². The zero-order chi connectivity index (χ0) is 12.8. The van der Waals surface area contributed by atoms with E-state index in [0.717, 1.165) is 19.0 Å². The van der Waals surface area contributed by atoms with E-state index in [2.05, 4.69) is 56.2 Å². The van der Waals surface area contributed by atoms with Gasteiger partial charge in [-0.2, -0.15) is 0 Å². The third kappa shape index (κ3) is 4.04. The van der Waals surface area contributed by atoms with Crippen LogP contribution < -0.4 is 10.2 Å². The molecule has 0 bridgehead atoms. The minimum atomic E-state index is 0.740. The van der Waals surface area contributed by atoms with Gasteiger partial charge in [0.1, 0.15) is 0 Å². The van der Waals surface area contributed by atoms with Crippen LogP contribution in [0.15, 0.2) is 18.2 Å². The maximum atomic E-state index is 3.25. The number of benzene rings is 1. The fourth-order valence-corrected chi connectivity index (χ4v) is 2.11. The van der Waals surface area contributed by atoms with E-state index in [-0.39, 0.29) is 0 Å². The van der Waals surface area contributed by atoms with Gasteiger partial charge in [-0.1, -0.05) is 38.0 Å². The standard InChI is InChI=1S/C15H26N2/c1-6-12(2)11-17(5)15-8-7-13(3)9-14(15)10-16-4/h7-9,12,16H,6,10-11H2,1-5H3. The van der Waals surface area contributed by atoms with E-state index in [1.807, 2.05) is 7.05 Å². The Morgan fingerprint density at radius 1 is 1.35 bits per heavy atom. The van der Waals surface area contributed by atoms with Crippen LogP contribution in [0.5, 0.6) is 0 Å². The van der Waals surface area contributed by atoms with Crippen molar-refractivity contribution in [2.75, 3.05) is 25.5 Å². The summed E-state index contributed by atoms with van der Waals surface area (Å²) >= 11 is 0. The van der Waals surface area contributed by atoms with Gasteiger partial charge in [0, 0.05) is 25.8 Å². The molecule has 0 saturated heterocycles. The summed E-state index contributed by atoms with van der Waals surface area (Å²) in [7, 11) is 4.19. The highest BCUT2D eigenvalue weighted by Crippen LogP contribution is 2.22. The van der Waals surface area contributed by atoms with Crippen molar-refractivity contribution in [2.45, 2.75) is 33.7 Å². The van der Waals surface area contributed by atoms with Crippen LogP contribution in [0, 0.1) is 12.8 Å². The van der Waals surface area contributed by atoms with Crippen LogP contribution >= 0.6 is 0 Å². The predicted molar refractivity (Wildman–Crippen MR) is 76.7 cm³/mol. The van der Waals surface area contributed by atoms with Crippen LogP contribution in [-0.2, 0) is 6.54 Å². The molecule has 0 fully saturated rings. The van der Waals surface area contributed by atoms with Gasteiger partial charge in [-0.25, -0.2) is 0 Å². The van der Waals surface area contributed by atoms with Gasteiger partial charge < -0.3 is 10.2 Å². The van der Waals surface area contributed by atoms with Crippen molar-refractivity contribution in [3.63, 3.8) is 0 Å². The Balaban J connectivity index is 2.87. The molecular weight excluding hydrogens is 208 g/mol. The minimum absolute atomic E-state index is 0.740. The third-order valence-electron chi connectivity index (χ3n) is 3.30. The normalized spacial score (nSPS) is 12.5. The number of hydrogen-bond acceptors (Lipinski definition) is 2. The first kappa shape index (κ1) is 14.0. The van der Waals surface area contributed by atoms with E-state index in [1.54, 1.807) is 0 Å². The summed E-state index contributed by atoms with van der Waals surface area (Å²) < 4.78 is 0. The number of hydrogen-bond donors (Lipinski definition) is 1. The molecule has 0 radical (unpaired) electrons. The van der Waals surface area contributed by atoms with Crippen molar-refractivity contribution in [3.05, 3.63) is 29.3 Å². The first-order chi connectivity index (χ1) is 8.08. The minimum Gasteiger partial charge on any atom is -0.374 e. The molecule has 2 nitrogen and oxygen atoms in total. The topological polar surface area (TPSA) is 15.3 Å². The molecular formula is C15H26N2. The number of nitrogens with one attached hydrogen (secondary N) is 1. The Hall–Kier alpha value is -1.02. The number of rotatable bonds is 6. The fraction of sp³-hybridized carbons (Fsp3) is 0.600. The van der Waals surface area contributed by atoms with E-state index < -0.39 is 0 Å². The summed E-state index contributed by atoms with van der Waals surface area (Å²) in [6.07, 6.45) is 1.23. The van der Waals surface area contributed by atoms with Crippen molar-refractivity contribution < 1.29 is 0 Å². The van der Waals surface area contributed by atoms with Crippen LogP contribution in [0.2, 0.25) is 0 Å². The van der Waals surface area contributed by atoms with E-state index in [0.29, 0.717) is 0 Å². The molecule has 0 amide bonds. The van der Waals surface area contributed by atoms with E-state index in [4.69, 9.17) is 0 Å². The van der Waals surface area contributed by atoms with Gasteiger partial charge in [-0.3, -0.25) is 0 Å². The maximum absolute atomic E-state index is 3.25. The lowest BCUT2D eigenvalue weighted by Gasteiger charge is -2.25. The number of nitrogens with zero attached hydrogens (tertiary/aromatic N) is 1. The Labute approximate surface area is 106 Å². The molecule has 1 N–H and O–H groups in total. The molecule has 1 aromatic carbocycles. The zero-order valence-corrected chi connectivity index (χ0v) is 11.9. The van der Waals surface area contributed by atoms with Crippen LogP contribution in [0.1, 0.15) is 31.4 Å². The van der Waals surface area contributed by atoms with Crippen molar-refractivity contribution in [2.24, 2.45) is 5.92 Å². The molecule has 96 valence electrons. The first-order valence-corrected chi connectivity index (χ1v) is 6.53. The van der Waals surface area contributed by atoms with Gasteiger partial charge in [0.25, 0.3) is 0 Å². The van der Waals surface area contributed by atoms with Gasteiger partial charge in [-0.15, -0.1) is 0 Å². The monoisotopic (exact) mass is 234 g/mol. The molecule has 0 aromatic heterocycles. The summed E-state index contributed by atoms with van der Waals surface area (Å²) in [5, 5.41) is 3.25. The SMILES string of the molecule is CCC(C)CN(C)c1ccc(C)cc1CNC. The van der Waals surface area contributed by atoms with Crippen molar-refractivity contribution in [1.82, 2.24) is 5.32 Å². The predicted octanol–water partition coefficient (Wildman–Crippen LogP) is 3.20. The van der Waals surface area contributed by atoms with E-state index in [9.17, 15) is 0 Å². The lowest BCUT2D eigenvalue weighted by molar-refractivity contribution is 0.559. The average Bonchev–Trinajstić information content (AvgIpc) is 2.29. The van der Waals surface area contributed by atoms with Crippen molar-refractivity contribution in [1.29, 1.82) is 0 Å². The van der Waals surface area contributed by atoms with Gasteiger partial charge in [0.05, 0.1) is 0 Å². The van der Waals surface area contributed by atoms with E-state index >= 15 is 0 Å². The molecule has 17 heavy (non-hydrogen) atoms. The van der Waals surface area contributed by atoms with Crippen LogP contribution in [-0.4, -0.2) is 20.6 Å². The van der Waals surface area contributed by atoms with E-state index in [1.165, 1.54) is 23.2 Å². The highest BCUT2D eigenvalue weighted by atomic mass is 15.1. The largest absolute Gasteiger partial charge is 0.374 e. The molecule has 1 rings (SSSR count). The molecule has 0 spiro atoms. The summed E-state index contributed by atoms with van der Waals surface area (Å²) in [4.78, 5) is 2.38. The quantitative estimate of drug-likeness (QED) is 0.813. The Kier molecular flexibility index (Phi) is 5.49. The summed E-state index contributed by atoms with van der Waals surface area (Å²) in [5.41, 5.74) is 4.07. The van der Waals surface area contributed by atoms with Gasteiger partial charge >= 0.3 is 0 Å². The summed E-state index contributed by atoms with van der Waals surface area (Å²) in [6.45, 7) is 8.76. The highest BCUT2D eigenvalue weighted by molar-refractivity contribution is 5.54. The molecule has 0 aliphatic rings. The maximum Gasteiger partial charge on any atom is 0.0409 e.